The summed E-state index contributed by atoms with van der Waals surface area (Å²) in [6, 6.07) is 15.9. The minimum atomic E-state index is -0.605. The summed E-state index contributed by atoms with van der Waals surface area (Å²) < 4.78 is 11.2. The summed E-state index contributed by atoms with van der Waals surface area (Å²) in [7, 11) is 0. The van der Waals surface area contributed by atoms with E-state index >= 15 is 0 Å². The second-order valence-corrected chi connectivity index (χ2v) is 8.60. The van der Waals surface area contributed by atoms with Crippen LogP contribution >= 0.6 is 0 Å². The molecule has 0 aromatic heterocycles. The molecule has 3 aliphatic rings. The molecule has 2 aromatic rings. The lowest BCUT2D eigenvalue weighted by Crippen LogP contribution is -2.44. The van der Waals surface area contributed by atoms with E-state index in [1.807, 2.05) is 53.4 Å². The second-order valence-electron chi connectivity index (χ2n) is 8.60. The van der Waals surface area contributed by atoms with E-state index in [0.717, 1.165) is 41.8 Å². The van der Waals surface area contributed by atoms with Gasteiger partial charge in [-0.05, 0) is 55.4 Å². The molecular weight excluding hydrogens is 392 g/mol. The summed E-state index contributed by atoms with van der Waals surface area (Å²) in [5, 5.41) is 3.15. The van der Waals surface area contributed by atoms with Crippen molar-refractivity contribution in [3.05, 3.63) is 59.7 Å². The van der Waals surface area contributed by atoms with Gasteiger partial charge in [-0.25, -0.2) is 0 Å². The van der Waals surface area contributed by atoms with Gasteiger partial charge in [0.2, 0.25) is 5.91 Å². The molecule has 2 fully saturated rings. The maximum Gasteiger partial charge on any atom is 0.256 e. The molecule has 5 rings (SSSR count). The van der Waals surface area contributed by atoms with Gasteiger partial charge in [-0.2, -0.15) is 0 Å². The fourth-order valence-electron chi connectivity index (χ4n) is 5.01. The zero-order chi connectivity index (χ0) is 21.3. The molecule has 0 saturated carbocycles. The van der Waals surface area contributed by atoms with Crippen LogP contribution in [0.5, 0.6) is 0 Å². The Morgan fingerprint density at radius 2 is 1.84 bits per heavy atom. The van der Waals surface area contributed by atoms with Crippen molar-refractivity contribution in [2.45, 2.75) is 43.6 Å². The predicted molar refractivity (Wildman–Crippen MR) is 118 cm³/mol. The second kappa shape index (κ2) is 8.44. The van der Waals surface area contributed by atoms with Crippen LogP contribution in [0.4, 0.5) is 11.4 Å². The third-order valence-electron chi connectivity index (χ3n) is 6.82. The minimum Gasteiger partial charge on any atom is -0.381 e. The van der Waals surface area contributed by atoms with Gasteiger partial charge < -0.3 is 19.7 Å². The Hall–Kier alpha value is -2.70. The van der Waals surface area contributed by atoms with Crippen molar-refractivity contribution in [2.75, 3.05) is 36.6 Å². The average Bonchev–Trinajstić information content (AvgIpc) is 3.50. The van der Waals surface area contributed by atoms with Crippen molar-refractivity contribution in [1.29, 1.82) is 0 Å². The number of nitrogens with one attached hydrogen (secondary N) is 1. The Kier molecular flexibility index (Phi) is 5.50. The quantitative estimate of drug-likeness (QED) is 0.823. The normalized spacial score (nSPS) is 22.2. The van der Waals surface area contributed by atoms with Gasteiger partial charge >= 0.3 is 0 Å². The number of nitrogens with zero attached hydrogens (tertiary/aromatic N) is 1. The standard InChI is InChI=1S/C25H28N2O4/c28-23(22-7-4-14-31-22)27-13-10-18-8-9-20(17-21(18)27)26-24(29)25(11-15-30-16-12-25)19-5-2-1-3-6-19/h1-3,5-6,8-9,17,22H,4,7,10-16H2,(H,26,29). The number of fused-ring (bicyclic) bond motifs is 1. The van der Waals surface area contributed by atoms with Crippen molar-refractivity contribution in [3.63, 3.8) is 0 Å². The molecule has 3 heterocycles. The zero-order valence-corrected chi connectivity index (χ0v) is 17.6. The van der Waals surface area contributed by atoms with Gasteiger partial charge in [0.1, 0.15) is 6.10 Å². The van der Waals surface area contributed by atoms with E-state index < -0.39 is 5.41 Å². The van der Waals surface area contributed by atoms with Crippen LogP contribution in [0.3, 0.4) is 0 Å². The molecule has 0 bridgehead atoms. The van der Waals surface area contributed by atoms with Crippen LogP contribution in [0.2, 0.25) is 0 Å². The maximum atomic E-state index is 13.5. The van der Waals surface area contributed by atoms with Crippen molar-refractivity contribution in [3.8, 4) is 0 Å². The highest BCUT2D eigenvalue weighted by Gasteiger charge is 2.42. The van der Waals surface area contributed by atoms with Gasteiger partial charge in [-0.3, -0.25) is 9.59 Å². The van der Waals surface area contributed by atoms with Crippen molar-refractivity contribution < 1.29 is 19.1 Å². The van der Waals surface area contributed by atoms with E-state index in [1.165, 1.54) is 0 Å². The van der Waals surface area contributed by atoms with E-state index in [4.69, 9.17) is 9.47 Å². The van der Waals surface area contributed by atoms with Crippen LogP contribution in [-0.4, -0.2) is 44.3 Å². The average molecular weight is 421 g/mol. The molecule has 1 atom stereocenters. The first kappa shape index (κ1) is 20.2. The molecule has 0 aliphatic carbocycles. The highest BCUT2D eigenvalue weighted by molar-refractivity contribution is 6.02. The van der Waals surface area contributed by atoms with Gasteiger partial charge in [0, 0.05) is 37.7 Å². The number of carbonyl (C=O) groups excluding carboxylic acids is 2. The lowest BCUT2D eigenvalue weighted by Gasteiger charge is -2.36. The van der Waals surface area contributed by atoms with Crippen molar-refractivity contribution >= 4 is 23.2 Å². The number of hydrogen-bond donors (Lipinski definition) is 1. The molecule has 2 amide bonds. The summed E-state index contributed by atoms with van der Waals surface area (Å²) in [5.74, 6) is 0.0156. The lowest BCUT2D eigenvalue weighted by atomic mass is 9.73. The lowest BCUT2D eigenvalue weighted by molar-refractivity contribution is -0.127. The fourth-order valence-corrected chi connectivity index (χ4v) is 5.01. The number of rotatable bonds is 4. The molecule has 31 heavy (non-hydrogen) atoms. The van der Waals surface area contributed by atoms with E-state index in [0.29, 0.717) is 39.2 Å². The zero-order valence-electron chi connectivity index (χ0n) is 17.6. The topological polar surface area (TPSA) is 67.9 Å². The Bertz CT molecular complexity index is 963. The van der Waals surface area contributed by atoms with Crippen LogP contribution in [0.1, 0.15) is 36.8 Å². The number of amides is 2. The number of ether oxygens (including phenoxy) is 2. The molecule has 1 unspecified atom stereocenters. The first-order valence-electron chi connectivity index (χ1n) is 11.2. The van der Waals surface area contributed by atoms with Gasteiger partial charge in [0.25, 0.3) is 5.91 Å². The molecule has 0 spiro atoms. The summed E-state index contributed by atoms with van der Waals surface area (Å²) in [4.78, 5) is 28.3. The van der Waals surface area contributed by atoms with Gasteiger partial charge in [-0.15, -0.1) is 0 Å². The highest BCUT2D eigenvalue weighted by Crippen LogP contribution is 2.37. The third kappa shape index (κ3) is 3.75. The third-order valence-corrected chi connectivity index (χ3v) is 6.82. The molecule has 162 valence electrons. The Balaban J connectivity index is 1.39. The van der Waals surface area contributed by atoms with Gasteiger partial charge in [0.05, 0.1) is 5.41 Å². The van der Waals surface area contributed by atoms with E-state index in [-0.39, 0.29) is 17.9 Å². The molecular formula is C25H28N2O4. The van der Waals surface area contributed by atoms with Gasteiger partial charge in [0.15, 0.2) is 0 Å². The van der Waals surface area contributed by atoms with Gasteiger partial charge in [-0.1, -0.05) is 36.4 Å². The van der Waals surface area contributed by atoms with E-state index in [2.05, 4.69) is 5.32 Å². The van der Waals surface area contributed by atoms with Crippen LogP contribution in [0.15, 0.2) is 48.5 Å². The van der Waals surface area contributed by atoms with Crippen LogP contribution in [-0.2, 0) is 30.9 Å². The monoisotopic (exact) mass is 420 g/mol. The Labute approximate surface area is 182 Å². The first-order chi connectivity index (χ1) is 15.2. The minimum absolute atomic E-state index is 0.0167. The van der Waals surface area contributed by atoms with Crippen LogP contribution in [0.25, 0.3) is 0 Å². The first-order valence-corrected chi connectivity index (χ1v) is 11.2. The smallest absolute Gasteiger partial charge is 0.256 e. The fraction of sp³-hybridized carbons (Fsp3) is 0.440. The van der Waals surface area contributed by atoms with Crippen molar-refractivity contribution in [2.24, 2.45) is 0 Å². The maximum absolute atomic E-state index is 13.5. The van der Waals surface area contributed by atoms with Crippen LogP contribution < -0.4 is 10.2 Å². The summed E-state index contributed by atoms with van der Waals surface area (Å²) in [6.45, 7) is 2.45. The number of carbonyl (C=O) groups is 2. The molecule has 6 nitrogen and oxygen atoms in total. The van der Waals surface area contributed by atoms with E-state index in [9.17, 15) is 9.59 Å². The molecule has 2 aromatic carbocycles. The highest BCUT2D eigenvalue weighted by atomic mass is 16.5. The Morgan fingerprint density at radius 3 is 2.58 bits per heavy atom. The van der Waals surface area contributed by atoms with Crippen LogP contribution in [0, 0.1) is 0 Å². The molecule has 1 N–H and O–H groups in total. The van der Waals surface area contributed by atoms with E-state index in [1.54, 1.807) is 0 Å². The number of hydrogen-bond acceptors (Lipinski definition) is 4. The molecule has 0 radical (unpaired) electrons. The largest absolute Gasteiger partial charge is 0.381 e. The number of benzene rings is 2. The molecule has 2 saturated heterocycles. The Morgan fingerprint density at radius 1 is 1.03 bits per heavy atom. The molecule has 6 heteroatoms. The SMILES string of the molecule is O=C(C1CCCO1)N1CCc2ccc(NC(=O)C3(c4ccccc4)CCOCC3)cc21. The number of anilines is 2. The summed E-state index contributed by atoms with van der Waals surface area (Å²) in [6.07, 6.45) is 3.50. The van der Waals surface area contributed by atoms with Crippen molar-refractivity contribution in [1.82, 2.24) is 0 Å². The summed E-state index contributed by atoms with van der Waals surface area (Å²) in [5.41, 5.74) is 3.16. The predicted octanol–water partition coefficient (Wildman–Crippen LogP) is 3.44. The molecule has 3 aliphatic heterocycles. The summed E-state index contributed by atoms with van der Waals surface area (Å²) >= 11 is 0.